The average Bonchev–Trinajstić information content (AvgIpc) is 2.95. The number of halogens is 2. The molecule has 0 saturated carbocycles. The summed E-state index contributed by atoms with van der Waals surface area (Å²) in [7, 11) is -0.0661. The molecule has 4 rings (SSSR count). The SMILES string of the molecule is CCOc1c(OCC)c(OC(=O)c2ccc(Cl)cc2Cl)c2ccc(S(=O)c3ccc(OC)cc3)cc2c1OC(C)=O. The van der Waals surface area contributed by atoms with Gasteiger partial charge in [-0.2, -0.15) is 0 Å². The van der Waals surface area contributed by atoms with Crippen LogP contribution in [-0.2, 0) is 15.6 Å². The monoisotopic (exact) mass is 616 g/mol. The van der Waals surface area contributed by atoms with Gasteiger partial charge in [-0.05, 0) is 74.5 Å². The lowest BCUT2D eigenvalue weighted by Gasteiger charge is -2.21. The number of carbonyl (C=O) groups excluding carboxylic acids is 2. The Bertz CT molecular complexity index is 1640. The predicted molar refractivity (Wildman–Crippen MR) is 157 cm³/mol. The van der Waals surface area contributed by atoms with E-state index in [9.17, 15) is 13.8 Å². The van der Waals surface area contributed by atoms with Gasteiger partial charge in [-0.25, -0.2) is 9.00 Å². The molecule has 0 aromatic heterocycles. The molecule has 4 aromatic rings. The average molecular weight is 618 g/mol. The van der Waals surface area contributed by atoms with Crippen molar-refractivity contribution in [3.8, 4) is 28.7 Å². The topological polar surface area (TPSA) is 97.4 Å². The van der Waals surface area contributed by atoms with Crippen molar-refractivity contribution >= 4 is 56.7 Å². The number of hydrogen-bond acceptors (Lipinski definition) is 8. The minimum atomic E-state index is -1.61. The van der Waals surface area contributed by atoms with E-state index in [1.165, 1.54) is 25.1 Å². The number of rotatable bonds is 10. The highest BCUT2D eigenvalue weighted by Gasteiger charge is 2.28. The van der Waals surface area contributed by atoms with Crippen molar-refractivity contribution in [2.75, 3.05) is 20.3 Å². The minimum Gasteiger partial charge on any atom is -0.497 e. The van der Waals surface area contributed by atoms with Crippen molar-refractivity contribution in [3.63, 3.8) is 0 Å². The van der Waals surface area contributed by atoms with E-state index in [2.05, 4.69) is 0 Å². The van der Waals surface area contributed by atoms with Gasteiger partial charge < -0.3 is 23.7 Å². The summed E-state index contributed by atoms with van der Waals surface area (Å²) >= 11 is 12.3. The second-order valence-corrected chi connectivity index (χ2v) is 10.8. The van der Waals surface area contributed by atoms with Crippen molar-refractivity contribution < 1.29 is 37.5 Å². The molecule has 214 valence electrons. The molecule has 4 aromatic carbocycles. The molecular formula is C30H26Cl2O8S. The Labute approximate surface area is 249 Å². The van der Waals surface area contributed by atoms with Gasteiger partial charge >= 0.3 is 11.9 Å². The van der Waals surface area contributed by atoms with Crippen LogP contribution in [0.4, 0.5) is 0 Å². The molecule has 8 nitrogen and oxygen atoms in total. The molecule has 0 bridgehead atoms. The molecule has 41 heavy (non-hydrogen) atoms. The molecule has 0 aliphatic heterocycles. The van der Waals surface area contributed by atoms with E-state index < -0.39 is 22.7 Å². The van der Waals surface area contributed by atoms with Gasteiger partial charge in [0.1, 0.15) is 5.75 Å². The maximum absolute atomic E-state index is 13.5. The van der Waals surface area contributed by atoms with Crippen LogP contribution in [0.5, 0.6) is 28.7 Å². The zero-order valence-electron chi connectivity index (χ0n) is 22.6. The lowest BCUT2D eigenvalue weighted by atomic mass is 10.1. The highest BCUT2D eigenvalue weighted by Crippen LogP contribution is 2.52. The molecule has 0 spiro atoms. The molecule has 0 fully saturated rings. The number of methoxy groups -OCH3 is 1. The Balaban J connectivity index is 1.95. The van der Waals surface area contributed by atoms with E-state index in [1.54, 1.807) is 63.4 Å². The first kappa shape index (κ1) is 30.2. The molecule has 0 saturated heterocycles. The van der Waals surface area contributed by atoms with Crippen LogP contribution in [-0.4, -0.2) is 36.5 Å². The van der Waals surface area contributed by atoms with Gasteiger partial charge in [0, 0.05) is 32.5 Å². The first-order valence-electron chi connectivity index (χ1n) is 12.5. The van der Waals surface area contributed by atoms with Crippen molar-refractivity contribution in [2.24, 2.45) is 0 Å². The van der Waals surface area contributed by atoms with Crippen molar-refractivity contribution in [1.29, 1.82) is 0 Å². The highest BCUT2D eigenvalue weighted by atomic mass is 35.5. The third-order valence-electron chi connectivity index (χ3n) is 5.76. The molecule has 0 N–H and O–H groups in total. The fourth-order valence-electron chi connectivity index (χ4n) is 4.01. The van der Waals surface area contributed by atoms with Gasteiger partial charge in [-0.15, -0.1) is 0 Å². The lowest BCUT2D eigenvalue weighted by molar-refractivity contribution is -0.131. The molecule has 1 unspecified atom stereocenters. The maximum Gasteiger partial charge on any atom is 0.345 e. The molecule has 1 atom stereocenters. The largest absolute Gasteiger partial charge is 0.497 e. The molecule has 0 amide bonds. The summed E-state index contributed by atoms with van der Waals surface area (Å²) in [6, 6.07) is 16.0. The van der Waals surface area contributed by atoms with E-state index in [1.807, 2.05) is 0 Å². The molecule has 0 aliphatic carbocycles. The van der Waals surface area contributed by atoms with E-state index in [4.69, 9.17) is 46.9 Å². The van der Waals surface area contributed by atoms with Crippen LogP contribution in [0.1, 0.15) is 31.1 Å². The van der Waals surface area contributed by atoms with Gasteiger partial charge in [0.05, 0.1) is 41.7 Å². The van der Waals surface area contributed by atoms with Gasteiger partial charge in [-0.3, -0.25) is 4.79 Å². The van der Waals surface area contributed by atoms with Gasteiger partial charge in [0.25, 0.3) is 0 Å². The molecule has 0 heterocycles. The number of fused-ring (bicyclic) bond motifs is 1. The standard InChI is InChI=1S/C30H26Cl2O8S/c1-5-37-28-26(40-30(34)23-13-7-18(31)15-25(23)32)22-14-12-21(41(35)20-10-8-19(36-4)9-11-20)16-24(22)27(39-17(3)33)29(28)38-6-2/h7-16H,5-6H2,1-4H3. The first-order chi connectivity index (χ1) is 19.7. The quantitative estimate of drug-likeness (QED) is 0.136. The third-order valence-corrected chi connectivity index (χ3v) is 7.69. The predicted octanol–water partition coefficient (Wildman–Crippen LogP) is 7.26. The summed E-state index contributed by atoms with van der Waals surface area (Å²) in [5.74, 6) is -0.611. The summed E-state index contributed by atoms with van der Waals surface area (Å²) in [6.07, 6.45) is 0. The third kappa shape index (κ3) is 6.59. The Morgan fingerprint density at radius 3 is 1.93 bits per heavy atom. The van der Waals surface area contributed by atoms with Crippen LogP contribution >= 0.6 is 23.2 Å². The zero-order chi connectivity index (χ0) is 29.7. The van der Waals surface area contributed by atoms with E-state index in [-0.39, 0.29) is 46.8 Å². The van der Waals surface area contributed by atoms with Crippen molar-refractivity contribution in [3.05, 3.63) is 76.3 Å². The molecular weight excluding hydrogens is 591 g/mol. The zero-order valence-corrected chi connectivity index (χ0v) is 24.9. The highest BCUT2D eigenvalue weighted by molar-refractivity contribution is 7.85. The normalized spacial score (nSPS) is 11.6. The minimum absolute atomic E-state index is 0.0130. The van der Waals surface area contributed by atoms with Crippen molar-refractivity contribution in [1.82, 2.24) is 0 Å². The molecule has 0 radical (unpaired) electrons. The van der Waals surface area contributed by atoms with Crippen LogP contribution in [0.2, 0.25) is 10.0 Å². The lowest BCUT2D eigenvalue weighted by Crippen LogP contribution is -2.13. The van der Waals surface area contributed by atoms with Crippen LogP contribution in [0, 0.1) is 0 Å². The Morgan fingerprint density at radius 1 is 0.756 bits per heavy atom. The summed E-state index contributed by atoms with van der Waals surface area (Å²) in [5.41, 5.74) is 0.0749. The smallest absolute Gasteiger partial charge is 0.345 e. The first-order valence-corrected chi connectivity index (χ1v) is 14.4. The second kappa shape index (κ2) is 13.2. The number of benzene rings is 4. The number of carbonyl (C=O) groups is 2. The summed E-state index contributed by atoms with van der Waals surface area (Å²) in [5, 5.41) is 1.12. The summed E-state index contributed by atoms with van der Waals surface area (Å²) in [4.78, 5) is 26.4. The Morgan fingerprint density at radius 2 is 1.37 bits per heavy atom. The Hall–Kier alpha value is -3.79. The summed E-state index contributed by atoms with van der Waals surface area (Å²) in [6.45, 7) is 5.09. The van der Waals surface area contributed by atoms with Crippen LogP contribution in [0.25, 0.3) is 10.8 Å². The van der Waals surface area contributed by atoms with Crippen LogP contribution in [0.3, 0.4) is 0 Å². The van der Waals surface area contributed by atoms with Gasteiger partial charge in [0.15, 0.2) is 11.5 Å². The number of esters is 2. The van der Waals surface area contributed by atoms with Gasteiger partial charge in [0.2, 0.25) is 11.5 Å². The second-order valence-electron chi connectivity index (χ2n) is 8.44. The summed E-state index contributed by atoms with van der Waals surface area (Å²) < 4.78 is 42.0. The fraction of sp³-hybridized carbons (Fsp3) is 0.200. The van der Waals surface area contributed by atoms with E-state index >= 15 is 0 Å². The van der Waals surface area contributed by atoms with Crippen LogP contribution in [0.15, 0.2) is 70.5 Å². The fourth-order valence-corrected chi connectivity index (χ4v) is 5.57. The Kier molecular flexibility index (Phi) is 9.75. The van der Waals surface area contributed by atoms with E-state index in [0.717, 1.165) is 0 Å². The van der Waals surface area contributed by atoms with Crippen LogP contribution < -0.4 is 23.7 Å². The van der Waals surface area contributed by atoms with Gasteiger partial charge in [-0.1, -0.05) is 23.2 Å². The van der Waals surface area contributed by atoms with E-state index in [0.29, 0.717) is 31.3 Å². The number of ether oxygens (including phenoxy) is 5. The maximum atomic E-state index is 13.5. The molecule has 11 heteroatoms. The molecule has 0 aliphatic rings. The number of hydrogen-bond donors (Lipinski definition) is 0. The van der Waals surface area contributed by atoms with Crippen molar-refractivity contribution in [2.45, 2.75) is 30.6 Å².